The predicted octanol–water partition coefficient (Wildman–Crippen LogP) is 4.03. The van der Waals surface area contributed by atoms with E-state index in [4.69, 9.17) is 12.2 Å². The number of carbonyl (C=O) groups is 2. The Morgan fingerprint density at radius 2 is 1.40 bits per heavy atom. The maximum absolute atomic E-state index is 13.1. The van der Waals surface area contributed by atoms with Crippen molar-refractivity contribution in [1.29, 1.82) is 0 Å². The van der Waals surface area contributed by atoms with E-state index in [9.17, 15) is 9.59 Å². The molecular weight excluding hydrogens is 394 g/mol. The lowest BCUT2D eigenvalue weighted by Gasteiger charge is -2.19. The van der Waals surface area contributed by atoms with Gasteiger partial charge in [0.15, 0.2) is 5.11 Å². The third kappa shape index (κ3) is 5.30. The Balaban J connectivity index is 1.76. The number of nitrogens with zero attached hydrogens (tertiary/aromatic N) is 1. The zero-order valence-electron chi connectivity index (χ0n) is 16.8. The second kappa shape index (κ2) is 9.80. The van der Waals surface area contributed by atoms with Crippen molar-refractivity contribution < 1.29 is 9.59 Å². The average Bonchev–Trinajstić information content (AvgIpc) is 2.75. The lowest BCUT2D eigenvalue weighted by Crippen LogP contribution is -2.38. The highest BCUT2D eigenvalue weighted by atomic mass is 32.1. The standard InChI is InChI=1S/C24H23N3O2S/c1-27(2)23(29)19-14-9-15-20(16-19)25-24(30)26-22(28)21(17-10-5-3-6-11-17)18-12-7-4-8-13-18/h3-16,21H,1-2H3,(H2,25,26,28,30). The van der Waals surface area contributed by atoms with Crippen LogP contribution in [0.15, 0.2) is 84.9 Å². The first-order chi connectivity index (χ1) is 14.5. The lowest BCUT2D eigenvalue weighted by molar-refractivity contribution is -0.120. The van der Waals surface area contributed by atoms with Gasteiger partial charge in [0.25, 0.3) is 5.91 Å². The first-order valence-corrected chi connectivity index (χ1v) is 9.90. The minimum absolute atomic E-state index is 0.109. The van der Waals surface area contributed by atoms with Crippen LogP contribution in [0.25, 0.3) is 0 Å². The van der Waals surface area contributed by atoms with Crippen molar-refractivity contribution in [2.45, 2.75) is 5.92 Å². The molecule has 2 N–H and O–H groups in total. The first-order valence-electron chi connectivity index (χ1n) is 9.49. The Labute approximate surface area is 181 Å². The highest BCUT2D eigenvalue weighted by Gasteiger charge is 2.23. The van der Waals surface area contributed by atoms with E-state index < -0.39 is 5.92 Å². The molecule has 0 unspecified atom stereocenters. The molecule has 3 rings (SSSR count). The Hall–Kier alpha value is -3.51. The Morgan fingerprint density at radius 3 is 1.93 bits per heavy atom. The van der Waals surface area contributed by atoms with Crippen LogP contribution in [0.3, 0.4) is 0 Å². The molecule has 0 bridgehead atoms. The van der Waals surface area contributed by atoms with Gasteiger partial charge in [0.05, 0.1) is 5.92 Å². The molecule has 2 amide bonds. The van der Waals surface area contributed by atoms with Crippen LogP contribution in [0, 0.1) is 0 Å². The number of thiocarbonyl (C=S) groups is 1. The van der Waals surface area contributed by atoms with Gasteiger partial charge >= 0.3 is 0 Å². The Kier molecular flexibility index (Phi) is 6.93. The molecule has 5 nitrogen and oxygen atoms in total. The largest absolute Gasteiger partial charge is 0.345 e. The molecule has 0 saturated heterocycles. The van der Waals surface area contributed by atoms with E-state index in [1.807, 2.05) is 60.7 Å². The summed E-state index contributed by atoms with van der Waals surface area (Å²) in [5.74, 6) is -0.832. The highest BCUT2D eigenvalue weighted by molar-refractivity contribution is 7.80. The molecule has 6 heteroatoms. The Morgan fingerprint density at radius 1 is 0.833 bits per heavy atom. The summed E-state index contributed by atoms with van der Waals surface area (Å²) < 4.78 is 0. The summed E-state index contributed by atoms with van der Waals surface area (Å²) in [6, 6.07) is 26.1. The number of amides is 2. The van der Waals surface area contributed by atoms with Crippen LogP contribution in [-0.4, -0.2) is 35.9 Å². The van der Waals surface area contributed by atoms with Crippen molar-refractivity contribution in [3.05, 3.63) is 102 Å². The molecular formula is C24H23N3O2S. The topological polar surface area (TPSA) is 61.4 Å². The fourth-order valence-corrected chi connectivity index (χ4v) is 3.34. The van der Waals surface area contributed by atoms with Crippen molar-refractivity contribution >= 4 is 34.8 Å². The number of hydrogen-bond donors (Lipinski definition) is 2. The summed E-state index contributed by atoms with van der Waals surface area (Å²) >= 11 is 5.35. The van der Waals surface area contributed by atoms with Crippen LogP contribution in [0.2, 0.25) is 0 Å². The maximum Gasteiger partial charge on any atom is 0.253 e. The zero-order chi connectivity index (χ0) is 21.5. The van der Waals surface area contributed by atoms with Crippen LogP contribution >= 0.6 is 12.2 Å². The van der Waals surface area contributed by atoms with Gasteiger partial charge in [-0.2, -0.15) is 0 Å². The summed E-state index contributed by atoms with van der Waals surface area (Å²) in [5.41, 5.74) is 2.92. The van der Waals surface area contributed by atoms with Gasteiger partial charge in [0, 0.05) is 25.3 Å². The molecule has 0 fully saturated rings. The van der Waals surface area contributed by atoms with E-state index in [1.54, 1.807) is 38.4 Å². The number of benzene rings is 3. The molecule has 152 valence electrons. The lowest BCUT2D eigenvalue weighted by atomic mass is 9.90. The molecule has 3 aromatic rings. The molecule has 3 aromatic carbocycles. The van der Waals surface area contributed by atoms with E-state index in [2.05, 4.69) is 10.6 Å². The van der Waals surface area contributed by atoms with Crippen LogP contribution in [0.1, 0.15) is 27.4 Å². The average molecular weight is 418 g/mol. The summed E-state index contributed by atoms with van der Waals surface area (Å²) in [4.78, 5) is 26.8. The molecule has 0 aromatic heterocycles. The van der Waals surface area contributed by atoms with Crippen molar-refractivity contribution in [2.75, 3.05) is 19.4 Å². The van der Waals surface area contributed by atoms with E-state index in [0.29, 0.717) is 11.3 Å². The third-order valence-corrected chi connectivity index (χ3v) is 4.74. The van der Waals surface area contributed by atoms with Crippen LogP contribution in [-0.2, 0) is 4.79 Å². The van der Waals surface area contributed by atoms with Crippen LogP contribution in [0.4, 0.5) is 5.69 Å². The van der Waals surface area contributed by atoms with Crippen molar-refractivity contribution in [3.8, 4) is 0 Å². The summed E-state index contributed by atoms with van der Waals surface area (Å²) in [6.07, 6.45) is 0. The minimum atomic E-state index is -0.492. The van der Waals surface area contributed by atoms with Gasteiger partial charge < -0.3 is 15.5 Å². The number of hydrogen-bond acceptors (Lipinski definition) is 3. The Bertz CT molecular complexity index is 997. The first kappa shape index (κ1) is 21.2. The van der Waals surface area contributed by atoms with Gasteiger partial charge in [-0.25, -0.2) is 0 Å². The maximum atomic E-state index is 13.1. The quantitative estimate of drug-likeness (QED) is 0.615. The smallest absolute Gasteiger partial charge is 0.253 e. The summed E-state index contributed by atoms with van der Waals surface area (Å²) in [6.45, 7) is 0. The molecule has 0 radical (unpaired) electrons. The zero-order valence-corrected chi connectivity index (χ0v) is 17.6. The second-order valence-corrected chi connectivity index (χ2v) is 7.39. The van der Waals surface area contributed by atoms with Crippen LogP contribution in [0.5, 0.6) is 0 Å². The normalized spacial score (nSPS) is 10.4. The summed E-state index contributed by atoms with van der Waals surface area (Å²) in [7, 11) is 3.39. The molecule has 0 saturated carbocycles. The van der Waals surface area contributed by atoms with Crippen molar-refractivity contribution in [1.82, 2.24) is 10.2 Å². The van der Waals surface area contributed by atoms with E-state index in [0.717, 1.165) is 11.1 Å². The molecule has 0 aliphatic carbocycles. The number of nitrogens with one attached hydrogen (secondary N) is 2. The van der Waals surface area contributed by atoms with Crippen molar-refractivity contribution in [3.63, 3.8) is 0 Å². The molecule has 30 heavy (non-hydrogen) atoms. The van der Waals surface area contributed by atoms with Gasteiger partial charge in [-0.1, -0.05) is 66.7 Å². The number of anilines is 1. The van der Waals surface area contributed by atoms with Gasteiger partial charge in [-0.15, -0.1) is 0 Å². The summed E-state index contributed by atoms with van der Waals surface area (Å²) in [5, 5.41) is 5.95. The monoisotopic (exact) mass is 417 g/mol. The number of carbonyl (C=O) groups excluding carboxylic acids is 2. The predicted molar refractivity (Wildman–Crippen MR) is 124 cm³/mol. The van der Waals surface area contributed by atoms with Crippen LogP contribution < -0.4 is 10.6 Å². The van der Waals surface area contributed by atoms with E-state index >= 15 is 0 Å². The highest BCUT2D eigenvalue weighted by Crippen LogP contribution is 2.24. The third-order valence-electron chi connectivity index (χ3n) is 4.54. The number of rotatable bonds is 5. The molecule has 0 aliphatic rings. The van der Waals surface area contributed by atoms with Gasteiger partial charge in [0.1, 0.15) is 0 Å². The van der Waals surface area contributed by atoms with E-state index in [-0.39, 0.29) is 16.9 Å². The van der Waals surface area contributed by atoms with E-state index in [1.165, 1.54) is 4.90 Å². The SMILES string of the molecule is CN(C)C(=O)c1cccc(NC(=S)NC(=O)C(c2ccccc2)c2ccccc2)c1. The fourth-order valence-electron chi connectivity index (χ4n) is 3.12. The molecule has 0 spiro atoms. The second-order valence-electron chi connectivity index (χ2n) is 6.98. The minimum Gasteiger partial charge on any atom is -0.345 e. The molecule has 0 aliphatic heterocycles. The van der Waals surface area contributed by atoms with Gasteiger partial charge in [0.2, 0.25) is 5.91 Å². The van der Waals surface area contributed by atoms with Gasteiger partial charge in [-0.05, 0) is 41.5 Å². The fraction of sp³-hybridized carbons (Fsp3) is 0.125. The van der Waals surface area contributed by atoms with Crippen molar-refractivity contribution in [2.24, 2.45) is 0 Å². The molecule has 0 heterocycles. The van der Waals surface area contributed by atoms with Gasteiger partial charge in [-0.3, -0.25) is 9.59 Å². The molecule has 0 atom stereocenters.